The summed E-state index contributed by atoms with van der Waals surface area (Å²) in [5.41, 5.74) is 2.95. The minimum absolute atomic E-state index is 0.00401. The van der Waals surface area contributed by atoms with Crippen LogP contribution in [0.2, 0.25) is 0 Å². The lowest BCUT2D eigenvalue weighted by Crippen LogP contribution is -2.54. The number of ether oxygens (including phenoxy) is 4. The zero-order chi connectivity index (χ0) is 43.7. The molecular weight excluding hydrogens is 823 g/mol. The van der Waals surface area contributed by atoms with Crippen LogP contribution in [-0.4, -0.2) is 127 Å². The molecular formula is C43H49N7O11S. The van der Waals surface area contributed by atoms with Gasteiger partial charge >= 0.3 is 0 Å². The van der Waals surface area contributed by atoms with E-state index in [1.165, 1.54) is 30.0 Å². The smallest absolute Gasteiger partial charge is 0.264 e. The first kappa shape index (κ1) is 45.5. The largest absolute Gasteiger partial charge is 0.379 e. The lowest BCUT2D eigenvalue weighted by molar-refractivity contribution is -0.136. The van der Waals surface area contributed by atoms with Crippen LogP contribution in [0.4, 0.5) is 11.4 Å². The minimum Gasteiger partial charge on any atom is -0.379 e. The van der Waals surface area contributed by atoms with Gasteiger partial charge in [-0.05, 0) is 61.7 Å². The van der Waals surface area contributed by atoms with Gasteiger partial charge in [0.1, 0.15) is 12.6 Å². The first-order chi connectivity index (χ1) is 30.2. The van der Waals surface area contributed by atoms with E-state index in [0.717, 1.165) is 41.6 Å². The summed E-state index contributed by atoms with van der Waals surface area (Å²) in [5.74, 6) is -3.32. The minimum atomic E-state index is -1.11. The van der Waals surface area contributed by atoms with Gasteiger partial charge < -0.3 is 39.9 Å². The quantitative estimate of drug-likeness (QED) is 0.0364. The van der Waals surface area contributed by atoms with E-state index in [4.69, 9.17) is 18.9 Å². The van der Waals surface area contributed by atoms with Crippen LogP contribution in [0.25, 0.3) is 11.0 Å². The van der Waals surface area contributed by atoms with E-state index >= 15 is 0 Å². The third kappa shape index (κ3) is 13.0. The maximum atomic E-state index is 13.2. The number of nitrogens with zero attached hydrogens (tertiary/aromatic N) is 2. The molecule has 1 aromatic heterocycles. The summed E-state index contributed by atoms with van der Waals surface area (Å²) in [5, 5.41) is 11.2. The maximum absolute atomic E-state index is 13.2. The van der Waals surface area contributed by atoms with Crippen molar-refractivity contribution >= 4 is 75.5 Å². The molecule has 0 bridgehead atoms. The summed E-state index contributed by atoms with van der Waals surface area (Å²) < 4.78 is 22.0. The Morgan fingerprint density at radius 2 is 1.48 bits per heavy atom. The van der Waals surface area contributed by atoms with Crippen LogP contribution in [0.15, 0.2) is 71.9 Å². The topological polar surface area (TPSA) is 236 Å². The number of imide groups is 2. The number of amides is 7. The Labute approximate surface area is 361 Å². The molecule has 6 rings (SSSR count). The average molecular weight is 872 g/mol. The number of imidazole rings is 1. The summed E-state index contributed by atoms with van der Waals surface area (Å²) in [7, 11) is 0. The SMILES string of the molecule is O=C1CCC(N2C(=O)c3cccc(NC(=O)COCCOCCOCCOCCCCCCNC(=O)c4cccc(NC(=O)CSc5nc6ccccc6[nH]5)c4)c3C2=O)C(=O)N1. The van der Waals surface area contributed by atoms with Crippen molar-refractivity contribution in [3.05, 3.63) is 83.4 Å². The maximum Gasteiger partial charge on any atom is 0.264 e. The number of H-pyrrole nitrogens is 1. The van der Waals surface area contributed by atoms with Gasteiger partial charge in [-0.25, -0.2) is 4.98 Å². The van der Waals surface area contributed by atoms with E-state index in [0.29, 0.717) is 56.0 Å². The van der Waals surface area contributed by atoms with Gasteiger partial charge in [0.15, 0.2) is 5.16 Å². The molecule has 1 unspecified atom stereocenters. The highest BCUT2D eigenvalue weighted by atomic mass is 32.2. The standard InChI is InChI=1S/C43H49N7O11S/c51-35-16-15-34(40(55)49-35)50-41(56)30-11-8-14-33(38(30)42(50)57)46-36(52)26-61-24-23-60-22-21-59-20-19-58-18-6-2-1-5-17-44-39(54)28-9-7-10-29(25-28)45-37(53)27-62-43-47-31-12-3-4-13-32(31)48-43/h3-4,7-14,25,34H,1-2,5-6,15-24,26-27H2,(H,44,54)(H,45,53)(H,46,52)(H,47,48)(H,49,51,55). The fraction of sp³-hybridized carbons (Fsp3) is 0.395. The molecule has 1 saturated heterocycles. The molecule has 0 aliphatic carbocycles. The predicted octanol–water partition coefficient (Wildman–Crippen LogP) is 3.69. The molecule has 328 valence electrons. The number of fused-ring (bicyclic) bond motifs is 2. The zero-order valence-electron chi connectivity index (χ0n) is 34.0. The van der Waals surface area contributed by atoms with Crippen molar-refractivity contribution in [2.75, 3.05) is 75.8 Å². The summed E-state index contributed by atoms with van der Waals surface area (Å²) >= 11 is 1.31. The summed E-state index contributed by atoms with van der Waals surface area (Å²) in [6.45, 7) is 2.75. The second kappa shape index (κ2) is 23.3. The average Bonchev–Trinajstić information content (AvgIpc) is 3.80. The number of unbranched alkanes of at least 4 members (excludes halogenated alkanes) is 3. The van der Waals surface area contributed by atoms with E-state index in [9.17, 15) is 33.6 Å². The van der Waals surface area contributed by atoms with Crippen LogP contribution < -0.4 is 21.3 Å². The van der Waals surface area contributed by atoms with E-state index in [-0.39, 0.29) is 67.0 Å². The number of hydrogen-bond acceptors (Lipinski definition) is 13. The van der Waals surface area contributed by atoms with Gasteiger partial charge in [0.25, 0.3) is 17.7 Å². The van der Waals surface area contributed by atoms with Crippen LogP contribution in [0.3, 0.4) is 0 Å². The Hall–Kier alpha value is -5.99. The Bertz CT molecular complexity index is 2220. The number of piperidine rings is 1. The van der Waals surface area contributed by atoms with Gasteiger partial charge in [0.05, 0.1) is 73.2 Å². The zero-order valence-corrected chi connectivity index (χ0v) is 34.9. The molecule has 18 nitrogen and oxygen atoms in total. The van der Waals surface area contributed by atoms with E-state index in [2.05, 4.69) is 31.2 Å². The molecule has 62 heavy (non-hydrogen) atoms. The highest BCUT2D eigenvalue weighted by Crippen LogP contribution is 2.32. The van der Waals surface area contributed by atoms with Crippen LogP contribution in [0.1, 0.15) is 69.6 Å². The Morgan fingerprint density at radius 3 is 2.26 bits per heavy atom. The second-order valence-electron chi connectivity index (χ2n) is 14.3. The lowest BCUT2D eigenvalue weighted by atomic mass is 10.0. The number of thioether (sulfide) groups is 1. The highest BCUT2D eigenvalue weighted by Gasteiger charge is 2.45. The van der Waals surface area contributed by atoms with Crippen molar-refractivity contribution in [2.45, 2.75) is 49.7 Å². The van der Waals surface area contributed by atoms with Crippen molar-refractivity contribution in [2.24, 2.45) is 0 Å². The third-order valence-electron chi connectivity index (χ3n) is 9.71. The molecule has 0 saturated carbocycles. The fourth-order valence-electron chi connectivity index (χ4n) is 6.68. The van der Waals surface area contributed by atoms with Crippen LogP contribution in [0.5, 0.6) is 0 Å². The monoisotopic (exact) mass is 871 g/mol. The molecule has 5 N–H and O–H groups in total. The van der Waals surface area contributed by atoms with Gasteiger partial charge in [-0.1, -0.05) is 48.9 Å². The normalized spacial score (nSPS) is 14.8. The number of para-hydroxylation sites is 2. The molecule has 19 heteroatoms. The van der Waals surface area contributed by atoms with Crippen molar-refractivity contribution in [3.8, 4) is 0 Å². The van der Waals surface area contributed by atoms with Gasteiger partial charge in [-0.2, -0.15) is 0 Å². The van der Waals surface area contributed by atoms with Gasteiger partial charge in [0.2, 0.25) is 23.6 Å². The lowest BCUT2D eigenvalue weighted by Gasteiger charge is -2.27. The van der Waals surface area contributed by atoms with Crippen molar-refractivity contribution < 1.29 is 52.5 Å². The van der Waals surface area contributed by atoms with Gasteiger partial charge in [-0.15, -0.1) is 0 Å². The molecule has 2 aliphatic rings. The van der Waals surface area contributed by atoms with Crippen molar-refractivity contribution in [1.29, 1.82) is 0 Å². The number of rotatable bonds is 25. The molecule has 2 aliphatic heterocycles. The summed E-state index contributed by atoms with van der Waals surface area (Å²) in [6.07, 6.45) is 3.65. The van der Waals surface area contributed by atoms with E-state index in [1.54, 1.807) is 24.3 Å². The van der Waals surface area contributed by atoms with Crippen LogP contribution in [0, 0.1) is 0 Å². The number of hydrogen-bond donors (Lipinski definition) is 5. The highest BCUT2D eigenvalue weighted by molar-refractivity contribution is 7.99. The van der Waals surface area contributed by atoms with Crippen LogP contribution >= 0.6 is 11.8 Å². The number of aromatic amines is 1. The Kier molecular flexibility index (Phi) is 17.1. The second-order valence-corrected chi connectivity index (χ2v) is 15.2. The number of anilines is 2. The predicted molar refractivity (Wildman–Crippen MR) is 228 cm³/mol. The first-order valence-corrected chi connectivity index (χ1v) is 21.4. The molecule has 3 aromatic carbocycles. The van der Waals surface area contributed by atoms with Crippen molar-refractivity contribution in [3.63, 3.8) is 0 Å². The van der Waals surface area contributed by atoms with Crippen molar-refractivity contribution in [1.82, 2.24) is 25.5 Å². The van der Waals surface area contributed by atoms with Crippen LogP contribution in [-0.2, 0) is 38.1 Å². The molecule has 0 spiro atoms. The summed E-state index contributed by atoms with van der Waals surface area (Å²) in [6, 6.07) is 17.9. The number of carbonyl (C=O) groups is 7. The molecule has 3 heterocycles. The number of benzene rings is 3. The molecule has 7 amide bonds. The fourth-order valence-corrected chi connectivity index (χ4v) is 7.37. The molecule has 1 fully saturated rings. The molecule has 4 aromatic rings. The Morgan fingerprint density at radius 1 is 0.758 bits per heavy atom. The molecule has 1 atom stereocenters. The first-order valence-electron chi connectivity index (χ1n) is 20.4. The number of aromatic nitrogens is 2. The third-order valence-corrected chi connectivity index (χ3v) is 10.6. The van der Waals surface area contributed by atoms with Gasteiger partial charge in [-0.3, -0.25) is 43.8 Å². The van der Waals surface area contributed by atoms with E-state index < -0.39 is 35.6 Å². The molecule has 0 radical (unpaired) electrons. The van der Waals surface area contributed by atoms with Gasteiger partial charge in [0, 0.05) is 30.8 Å². The summed E-state index contributed by atoms with van der Waals surface area (Å²) in [4.78, 5) is 96.3. The van der Waals surface area contributed by atoms with E-state index in [1.807, 2.05) is 24.3 Å². The number of nitrogens with one attached hydrogen (secondary N) is 5. The Balaban J connectivity index is 0.720. The number of carbonyl (C=O) groups excluding carboxylic acids is 7.